The van der Waals surface area contributed by atoms with E-state index >= 15 is 0 Å². The summed E-state index contributed by atoms with van der Waals surface area (Å²) < 4.78 is 12.4. The molecular formula is C8H7FN2. The van der Waals surface area contributed by atoms with Gasteiger partial charge in [-0.2, -0.15) is 4.39 Å². The van der Waals surface area contributed by atoms with Gasteiger partial charge in [-0.1, -0.05) is 12.0 Å². The van der Waals surface area contributed by atoms with Gasteiger partial charge in [-0.15, -0.1) is 0 Å². The fourth-order valence-electron chi connectivity index (χ4n) is 0.619. The molecule has 3 heteroatoms. The van der Waals surface area contributed by atoms with E-state index in [1.165, 1.54) is 6.07 Å². The molecule has 0 spiro atoms. The minimum atomic E-state index is -0.520. The van der Waals surface area contributed by atoms with Crippen molar-refractivity contribution in [2.75, 3.05) is 6.54 Å². The topological polar surface area (TPSA) is 38.9 Å². The van der Waals surface area contributed by atoms with Crippen molar-refractivity contribution in [1.82, 2.24) is 4.98 Å². The second kappa shape index (κ2) is 3.69. The van der Waals surface area contributed by atoms with Gasteiger partial charge in [0, 0.05) is 0 Å². The van der Waals surface area contributed by atoms with E-state index < -0.39 is 5.95 Å². The molecule has 1 aromatic heterocycles. The molecule has 0 radical (unpaired) electrons. The number of aromatic nitrogens is 1. The second-order valence-corrected chi connectivity index (χ2v) is 1.85. The molecule has 0 aliphatic rings. The van der Waals surface area contributed by atoms with Gasteiger partial charge in [0.2, 0.25) is 5.95 Å². The Morgan fingerprint density at radius 1 is 1.55 bits per heavy atom. The molecule has 0 saturated carbocycles. The average molecular weight is 150 g/mol. The van der Waals surface area contributed by atoms with Gasteiger partial charge in [0.25, 0.3) is 0 Å². The summed E-state index contributed by atoms with van der Waals surface area (Å²) in [6, 6.07) is 4.46. The predicted octanol–water partition coefficient (Wildman–Crippen LogP) is 0.531. The van der Waals surface area contributed by atoms with Crippen molar-refractivity contribution in [2.24, 2.45) is 5.73 Å². The summed E-state index contributed by atoms with van der Waals surface area (Å²) in [5.74, 6) is 4.68. The van der Waals surface area contributed by atoms with Crippen LogP contribution in [0.2, 0.25) is 0 Å². The summed E-state index contributed by atoms with van der Waals surface area (Å²) in [6.45, 7) is 0.262. The highest BCUT2D eigenvalue weighted by Crippen LogP contribution is 1.94. The number of hydrogen-bond acceptors (Lipinski definition) is 2. The van der Waals surface area contributed by atoms with Gasteiger partial charge in [-0.05, 0) is 18.1 Å². The first-order valence-electron chi connectivity index (χ1n) is 3.14. The number of hydrogen-bond donors (Lipinski definition) is 1. The maximum Gasteiger partial charge on any atom is 0.214 e. The normalized spacial score (nSPS) is 8.55. The molecule has 0 fully saturated rings. The fraction of sp³-hybridized carbons (Fsp3) is 0.125. The summed E-state index contributed by atoms with van der Waals surface area (Å²) in [4.78, 5) is 3.51. The molecule has 1 heterocycles. The highest BCUT2D eigenvalue weighted by Gasteiger charge is 1.89. The van der Waals surface area contributed by atoms with E-state index in [0.717, 1.165) is 0 Å². The monoisotopic (exact) mass is 150 g/mol. The molecule has 0 amide bonds. The minimum Gasteiger partial charge on any atom is -0.320 e. The van der Waals surface area contributed by atoms with Gasteiger partial charge in [0.05, 0.1) is 6.54 Å². The molecule has 56 valence electrons. The molecule has 0 bridgehead atoms. The number of nitrogens with zero attached hydrogens (tertiary/aromatic N) is 1. The lowest BCUT2D eigenvalue weighted by Gasteiger charge is -1.87. The van der Waals surface area contributed by atoms with E-state index in [0.29, 0.717) is 5.69 Å². The van der Waals surface area contributed by atoms with Crippen LogP contribution in [-0.4, -0.2) is 11.5 Å². The Labute approximate surface area is 64.3 Å². The first-order valence-corrected chi connectivity index (χ1v) is 3.14. The Kier molecular flexibility index (Phi) is 2.59. The maximum absolute atomic E-state index is 12.4. The van der Waals surface area contributed by atoms with Crippen LogP contribution in [0.4, 0.5) is 4.39 Å². The smallest absolute Gasteiger partial charge is 0.214 e. The van der Waals surface area contributed by atoms with E-state index in [1.54, 1.807) is 12.1 Å². The van der Waals surface area contributed by atoms with Crippen molar-refractivity contribution < 1.29 is 4.39 Å². The standard InChI is InChI=1S/C8H7FN2/c9-8-5-1-3-7(11-8)4-2-6-10/h1,3,5H,6,10H2. The molecule has 0 aliphatic carbocycles. The van der Waals surface area contributed by atoms with E-state index in [2.05, 4.69) is 16.8 Å². The molecule has 0 atom stereocenters. The van der Waals surface area contributed by atoms with E-state index in [9.17, 15) is 4.39 Å². The summed E-state index contributed by atoms with van der Waals surface area (Å²) >= 11 is 0. The molecule has 11 heavy (non-hydrogen) atoms. The van der Waals surface area contributed by atoms with E-state index in [-0.39, 0.29) is 6.54 Å². The van der Waals surface area contributed by atoms with Crippen LogP contribution in [0, 0.1) is 17.8 Å². The van der Waals surface area contributed by atoms with Gasteiger partial charge in [-0.3, -0.25) is 0 Å². The van der Waals surface area contributed by atoms with Gasteiger partial charge < -0.3 is 5.73 Å². The first-order chi connectivity index (χ1) is 5.33. The van der Waals surface area contributed by atoms with E-state index in [1.807, 2.05) is 0 Å². The molecule has 1 rings (SSSR count). The molecule has 0 aromatic carbocycles. The summed E-state index contributed by atoms with van der Waals surface area (Å²) in [5, 5.41) is 0. The number of halogens is 1. The van der Waals surface area contributed by atoms with Crippen molar-refractivity contribution in [3.8, 4) is 11.8 Å². The molecule has 2 N–H and O–H groups in total. The zero-order valence-corrected chi connectivity index (χ0v) is 5.84. The molecule has 0 unspecified atom stereocenters. The third-order valence-corrected chi connectivity index (χ3v) is 1.03. The highest BCUT2D eigenvalue weighted by molar-refractivity contribution is 5.27. The van der Waals surface area contributed by atoms with E-state index in [4.69, 9.17) is 5.73 Å². The van der Waals surface area contributed by atoms with Crippen LogP contribution in [0.25, 0.3) is 0 Å². The Balaban J connectivity index is 2.87. The number of pyridine rings is 1. The lowest BCUT2D eigenvalue weighted by Crippen LogP contribution is -1.94. The van der Waals surface area contributed by atoms with Crippen LogP contribution in [-0.2, 0) is 0 Å². The molecule has 2 nitrogen and oxygen atoms in total. The van der Waals surface area contributed by atoms with Crippen LogP contribution >= 0.6 is 0 Å². The Morgan fingerprint density at radius 2 is 2.36 bits per heavy atom. The van der Waals surface area contributed by atoms with Gasteiger partial charge in [0.15, 0.2) is 0 Å². The molecule has 0 saturated heterocycles. The molecular weight excluding hydrogens is 143 g/mol. The average Bonchev–Trinajstić information content (AvgIpc) is 2.01. The fourth-order valence-corrected chi connectivity index (χ4v) is 0.619. The summed E-state index contributed by atoms with van der Waals surface area (Å²) in [6.07, 6.45) is 0. The van der Waals surface area contributed by atoms with Gasteiger partial charge in [-0.25, -0.2) is 4.98 Å². The van der Waals surface area contributed by atoms with Crippen LogP contribution in [0.5, 0.6) is 0 Å². The minimum absolute atomic E-state index is 0.262. The molecule has 0 aliphatic heterocycles. The van der Waals surface area contributed by atoms with Gasteiger partial charge in [0.1, 0.15) is 5.69 Å². The quantitative estimate of drug-likeness (QED) is 0.433. The van der Waals surface area contributed by atoms with Crippen molar-refractivity contribution >= 4 is 0 Å². The summed E-state index contributed by atoms with van der Waals surface area (Å²) in [7, 11) is 0. The summed E-state index contributed by atoms with van der Waals surface area (Å²) in [5.41, 5.74) is 5.53. The number of rotatable bonds is 0. The van der Waals surface area contributed by atoms with Crippen LogP contribution in [0.1, 0.15) is 5.69 Å². The third kappa shape index (κ3) is 2.36. The second-order valence-electron chi connectivity index (χ2n) is 1.85. The van der Waals surface area contributed by atoms with Gasteiger partial charge >= 0.3 is 0 Å². The SMILES string of the molecule is NCC#Cc1cccc(F)n1. The zero-order chi connectivity index (χ0) is 8.10. The molecule has 1 aromatic rings. The van der Waals surface area contributed by atoms with Crippen LogP contribution in [0.3, 0.4) is 0 Å². The van der Waals surface area contributed by atoms with Crippen molar-refractivity contribution in [2.45, 2.75) is 0 Å². The largest absolute Gasteiger partial charge is 0.320 e. The van der Waals surface area contributed by atoms with Crippen molar-refractivity contribution in [3.05, 3.63) is 29.8 Å². The lowest BCUT2D eigenvalue weighted by atomic mass is 10.3. The van der Waals surface area contributed by atoms with Crippen LogP contribution in [0.15, 0.2) is 18.2 Å². The Morgan fingerprint density at radius 3 is 3.00 bits per heavy atom. The third-order valence-electron chi connectivity index (χ3n) is 1.03. The maximum atomic E-state index is 12.4. The Bertz CT molecular complexity index is 298. The van der Waals surface area contributed by atoms with Crippen LogP contribution < -0.4 is 5.73 Å². The first kappa shape index (κ1) is 7.70. The number of nitrogens with two attached hydrogens (primary N) is 1. The van der Waals surface area contributed by atoms with Crippen molar-refractivity contribution in [1.29, 1.82) is 0 Å². The van der Waals surface area contributed by atoms with Crippen molar-refractivity contribution in [3.63, 3.8) is 0 Å². The lowest BCUT2D eigenvalue weighted by molar-refractivity contribution is 0.582. The predicted molar refractivity (Wildman–Crippen MR) is 40.1 cm³/mol. The Hall–Kier alpha value is -1.40. The zero-order valence-electron chi connectivity index (χ0n) is 5.84. The highest BCUT2D eigenvalue weighted by atomic mass is 19.1.